The molecule has 1 aliphatic heterocycles. The summed E-state index contributed by atoms with van der Waals surface area (Å²) in [7, 11) is 2.10. The molecule has 1 saturated heterocycles. The van der Waals surface area contributed by atoms with E-state index in [9.17, 15) is 0 Å². The molecule has 1 atom stereocenters. The van der Waals surface area contributed by atoms with Crippen molar-refractivity contribution < 1.29 is 0 Å². The maximum atomic E-state index is 4.36. The summed E-state index contributed by atoms with van der Waals surface area (Å²) >= 11 is 0. The topological polar surface area (TPSA) is 53.1 Å². The van der Waals surface area contributed by atoms with Gasteiger partial charge < -0.3 is 15.5 Å². The molecule has 1 aromatic heterocycles. The van der Waals surface area contributed by atoms with Crippen LogP contribution in [0.4, 0.5) is 11.6 Å². The molecule has 0 bridgehead atoms. The lowest BCUT2D eigenvalue weighted by Crippen LogP contribution is -2.35. The highest BCUT2D eigenvalue weighted by atomic mass is 15.2. The number of hydrogen-bond acceptors (Lipinski definition) is 5. The summed E-state index contributed by atoms with van der Waals surface area (Å²) < 4.78 is 0. The van der Waals surface area contributed by atoms with E-state index in [0.717, 1.165) is 31.3 Å². The van der Waals surface area contributed by atoms with Gasteiger partial charge in [-0.3, -0.25) is 0 Å². The maximum Gasteiger partial charge on any atom is 0.133 e. The van der Waals surface area contributed by atoms with Gasteiger partial charge in [0.15, 0.2) is 0 Å². The van der Waals surface area contributed by atoms with E-state index >= 15 is 0 Å². The van der Waals surface area contributed by atoms with E-state index in [1.54, 1.807) is 6.33 Å². The smallest absolute Gasteiger partial charge is 0.133 e. The normalized spacial score (nSPS) is 18.5. The van der Waals surface area contributed by atoms with E-state index < -0.39 is 0 Å². The Hall–Kier alpha value is -1.36. The average molecular weight is 263 g/mol. The average Bonchev–Trinajstić information content (AvgIpc) is 2.92. The zero-order chi connectivity index (χ0) is 13.5. The molecule has 5 heteroatoms. The number of nitrogens with one attached hydrogen (secondary N) is 2. The Labute approximate surface area is 115 Å². The number of anilines is 2. The summed E-state index contributed by atoms with van der Waals surface area (Å²) in [4.78, 5) is 10.8. The Bertz CT molecular complexity index is 376. The van der Waals surface area contributed by atoms with Gasteiger partial charge in [0.2, 0.25) is 0 Å². The van der Waals surface area contributed by atoms with Crippen molar-refractivity contribution in [3.05, 3.63) is 12.4 Å². The predicted octanol–water partition coefficient (Wildman–Crippen LogP) is 1.88. The van der Waals surface area contributed by atoms with Gasteiger partial charge in [-0.05, 0) is 25.8 Å². The molecule has 2 N–H and O–H groups in total. The monoisotopic (exact) mass is 263 g/mol. The van der Waals surface area contributed by atoms with E-state index in [-0.39, 0.29) is 0 Å². The molecule has 0 amide bonds. The Morgan fingerprint density at radius 3 is 3.11 bits per heavy atom. The van der Waals surface area contributed by atoms with Crippen LogP contribution in [-0.4, -0.2) is 42.7 Å². The van der Waals surface area contributed by atoms with Gasteiger partial charge in [0.1, 0.15) is 18.0 Å². The second-order valence-electron chi connectivity index (χ2n) is 5.22. The first-order valence-corrected chi connectivity index (χ1v) is 7.30. The van der Waals surface area contributed by atoms with Gasteiger partial charge >= 0.3 is 0 Å². The van der Waals surface area contributed by atoms with Crippen LogP contribution < -0.4 is 15.5 Å². The number of likely N-dealkylation sites (N-methyl/N-ethyl adjacent to an activating group) is 1. The lowest BCUT2D eigenvalue weighted by molar-refractivity contribution is 0.597. The third-order valence-electron chi connectivity index (χ3n) is 3.54. The van der Waals surface area contributed by atoms with Crippen molar-refractivity contribution >= 4 is 11.6 Å². The van der Waals surface area contributed by atoms with Crippen LogP contribution in [0.5, 0.6) is 0 Å². The van der Waals surface area contributed by atoms with Crippen LogP contribution in [0.2, 0.25) is 0 Å². The van der Waals surface area contributed by atoms with Gasteiger partial charge in [0.05, 0.1) is 0 Å². The zero-order valence-corrected chi connectivity index (χ0v) is 12.0. The second-order valence-corrected chi connectivity index (χ2v) is 5.22. The number of rotatable bonds is 7. The van der Waals surface area contributed by atoms with Crippen LogP contribution in [0.25, 0.3) is 0 Å². The molecule has 106 valence electrons. The largest absolute Gasteiger partial charge is 0.370 e. The Kier molecular flexibility index (Phi) is 5.39. The summed E-state index contributed by atoms with van der Waals surface area (Å²) in [5.74, 6) is 1.91. The zero-order valence-electron chi connectivity index (χ0n) is 12.0. The lowest BCUT2D eigenvalue weighted by Gasteiger charge is -2.22. The SMILES string of the molecule is CCCCNc1cc(N(C)CC2CCCN2)ncn1. The highest BCUT2D eigenvalue weighted by molar-refractivity contribution is 5.48. The molecule has 1 unspecified atom stereocenters. The van der Waals surface area contributed by atoms with Crippen LogP contribution >= 0.6 is 0 Å². The van der Waals surface area contributed by atoms with Crippen molar-refractivity contribution in [2.45, 2.75) is 38.6 Å². The Balaban J connectivity index is 1.89. The van der Waals surface area contributed by atoms with Crippen molar-refractivity contribution in [3.8, 4) is 0 Å². The van der Waals surface area contributed by atoms with Crippen molar-refractivity contribution in [1.29, 1.82) is 0 Å². The van der Waals surface area contributed by atoms with Gasteiger partial charge in [-0.2, -0.15) is 0 Å². The quantitative estimate of drug-likeness (QED) is 0.736. The molecule has 1 fully saturated rings. The number of hydrogen-bond donors (Lipinski definition) is 2. The van der Waals surface area contributed by atoms with Crippen molar-refractivity contribution in [1.82, 2.24) is 15.3 Å². The minimum Gasteiger partial charge on any atom is -0.370 e. The first-order chi connectivity index (χ1) is 9.29. The first-order valence-electron chi connectivity index (χ1n) is 7.30. The highest BCUT2D eigenvalue weighted by Crippen LogP contribution is 2.15. The van der Waals surface area contributed by atoms with E-state index in [1.165, 1.54) is 25.7 Å². The minimum atomic E-state index is 0.594. The van der Waals surface area contributed by atoms with Crippen LogP contribution in [-0.2, 0) is 0 Å². The van der Waals surface area contributed by atoms with Gasteiger partial charge in [-0.25, -0.2) is 9.97 Å². The summed E-state index contributed by atoms with van der Waals surface area (Å²) in [5.41, 5.74) is 0. The molecule has 1 aromatic rings. The Morgan fingerprint density at radius 2 is 2.37 bits per heavy atom. The van der Waals surface area contributed by atoms with Crippen molar-refractivity contribution in [2.75, 3.05) is 36.9 Å². The summed E-state index contributed by atoms with van der Waals surface area (Å²) in [5, 5.41) is 6.85. The molecular formula is C14H25N5. The summed E-state index contributed by atoms with van der Waals surface area (Å²) in [6.45, 7) is 5.31. The minimum absolute atomic E-state index is 0.594. The van der Waals surface area contributed by atoms with Gasteiger partial charge in [-0.1, -0.05) is 13.3 Å². The molecule has 5 nitrogen and oxygen atoms in total. The van der Waals surface area contributed by atoms with Crippen molar-refractivity contribution in [2.24, 2.45) is 0 Å². The van der Waals surface area contributed by atoms with Crippen molar-refractivity contribution in [3.63, 3.8) is 0 Å². The number of nitrogens with zero attached hydrogens (tertiary/aromatic N) is 3. The molecule has 0 radical (unpaired) electrons. The Morgan fingerprint density at radius 1 is 1.47 bits per heavy atom. The first kappa shape index (κ1) is 14.1. The third kappa shape index (κ3) is 4.35. The van der Waals surface area contributed by atoms with Gasteiger partial charge in [0.25, 0.3) is 0 Å². The molecule has 0 saturated carbocycles. The second kappa shape index (κ2) is 7.28. The summed E-state index contributed by atoms with van der Waals surface area (Å²) in [6.07, 6.45) is 6.55. The van der Waals surface area contributed by atoms with Gasteiger partial charge in [-0.15, -0.1) is 0 Å². The number of unbranched alkanes of at least 4 members (excludes halogenated alkanes) is 1. The molecule has 2 heterocycles. The third-order valence-corrected chi connectivity index (χ3v) is 3.54. The fourth-order valence-electron chi connectivity index (χ4n) is 2.38. The number of aromatic nitrogens is 2. The maximum absolute atomic E-state index is 4.36. The molecule has 0 spiro atoms. The van der Waals surface area contributed by atoms with Crippen LogP contribution in [0.15, 0.2) is 12.4 Å². The molecule has 0 aliphatic carbocycles. The highest BCUT2D eigenvalue weighted by Gasteiger charge is 2.16. The molecule has 1 aliphatic rings. The molecule has 19 heavy (non-hydrogen) atoms. The van der Waals surface area contributed by atoms with Crippen LogP contribution in [0, 0.1) is 0 Å². The van der Waals surface area contributed by atoms with Crippen LogP contribution in [0.3, 0.4) is 0 Å². The van der Waals surface area contributed by atoms with Crippen LogP contribution in [0.1, 0.15) is 32.6 Å². The molecule has 2 rings (SSSR count). The fourth-order valence-corrected chi connectivity index (χ4v) is 2.38. The van der Waals surface area contributed by atoms with E-state index in [1.807, 2.05) is 6.07 Å². The van der Waals surface area contributed by atoms with E-state index in [0.29, 0.717) is 6.04 Å². The predicted molar refractivity (Wildman–Crippen MR) is 79.7 cm³/mol. The fraction of sp³-hybridized carbons (Fsp3) is 0.714. The van der Waals surface area contributed by atoms with E-state index in [2.05, 4.69) is 39.5 Å². The molecule has 0 aromatic carbocycles. The summed E-state index contributed by atoms with van der Waals surface area (Å²) in [6, 6.07) is 2.63. The molecular weight excluding hydrogens is 238 g/mol. The standard InChI is InChI=1S/C14H25N5/c1-3-4-7-16-13-9-14(18-11-17-13)19(2)10-12-6-5-8-15-12/h9,11-12,15H,3-8,10H2,1-2H3,(H,16,17,18). The lowest BCUT2D eigenvalue weighted by atomic mass is 10.2. The van der Waals surface area contributed by atoms with E-state index in [4.69, 9.17) is 0 Å². The van der Waals surface area contributed by atoms with Gasteiger partial charge in [0, 0.05) is 32.2 Å².